The number of ether oxygens (including phenoxy) is 1. The molecule has 2 atom stereocenters. The Bertz CT molecular complexity index is 1720. The van der Waals surface area contributed by atoms with Gasteiger partial charge in [0, 0.05) is 56.8 Å². The van der Waals surface area contributed by atoms with Crippen LogP contribution in [-0.4, -0.2) is 73.7 Å². The third kappa shape index (κ3) is 5.20. The normalized spacial score (nSPS) is 19.2. The number of carbonyl (C=O) groups is 1. The van der Waals surface area contributed by atoms with Crippen molar-refractivity contribution in [1.82, 2.24) is 24.3 Å². The smallest absolute Gasteiger partial charge is 0.246 e. The predicted octanol–water partition coefficient (Wildman–Crippen LogP) is 3.58. The number of aromatic nitrogens is 3. The van der Waals surface area contributed by atoms with E-state index in [-0.39, 0.29) is 23.7 Å². The van der Waals surface area contributed by atoms with Crippen LogP contribution in [0, 0.1) is 23.6 Å². The molecule has 0 radical (unpaired) electrons. The molecule has 10 heteroatoms. The summed E-state index contributed by atoms with van der Waals surface area (Å²) >= 11 is 0. The fourth-order valence-corrected chi connectivity index (χ4v) is 5.78. The molecule has 42 heavy (non-hydrogen) atoms. The number of nitrogens with zero attached hydrogens (tertiary/aromatic N) is 5. The lowest BCUT2D eigenvalue weighted by Gasteiger charge is -2.47. The Morgan fingerprint density at radius 3 is 2.67 bits per heavy atom. The molecule has 6 rings (SSSR count). The molecular weight excluding hydrogens is 535 g/mol. The van der Waals surface area contributed by atoms with E-state index in [1.165, 1.54) is 24.5 Å². The van der Waals surface area contributed by atoms with Gasteiger partial charge in [0.25, 0.3) is 0 Å². The number of fused-ring (bicyclic) bond motifs is 1. The SMILES string of the molecule is C=CC(=O)N1CC[C@H](N2CC(C#Cc3c(-c4ccc(Oc5cccc(F)c5)cc4)c4c(N)ncnc4n3C)C2)[C@H](O)C1. The summed E-state index contributed by atoms with van der Waals surface area (Å²) in [5.41, 5.74) is 9.49. The van der Waals surface area contributed by atoms with Gasteiger partial charge in [0.2, 0.25) is 5.91 Å². The maximum absolute atomic E-state index is 13.6. The molecule has 2 aromatic heterocycles. The molecule has 2 fully saturated rings. The van der Waals surface area contributed by atoms with E-state index in [0.717, 1.165) is 35.3 Å². The van der Waals surface area contributed by atoms with Gasteiger partial charge >= 0.3 is 0 Å². The van der Waals surface area contributed by atoms with Gasteiger partial charge in [0.15, 0.2) is 0 Å². The zero-order valence-corrected chi connectivity index (χ0v) is 23.2. The molecule has 1 amide bonds. The summed E-state index contributed by atoms with van der Waals surface area (Å²) in [6.45, 7) is 5.95. The van der Waals surface area contributed by atoms with Crippen molar-refractivity contribution in [1.29, 1.82) is 0 Å². The standard InChI is InChI=1S/C32H31FN6O3/c1-3-28(41)38-14-13-25(27(40)18-38)39-16-20(17-39)7-12-26-29(30-31(34)35-19-36-32(30)37(26)2)21-8-10-23(11-9-21)42-24-6-4-5-22(33)15-24/h3-6,8-11,15,19-20,25,27,40H,1,13-14,16-18H2,2H3,(H2,34,35,36)/t25-,27+/m0/s1. The van der Waals surface area contributed by atoms with Crippen molar-refractivity contribution in [3.8, 4) is 34.5 Å². The van der Waals surface area contributed by atoms with Crippen LogP contribution in [-0.2, 0) is 11.8 Å². The van der Waals surface area contributed by atoms with Gasteiger partial charge in [-0.05, 0) is 48.2 Å². The van der Waals surface area contributed by atoms with Crippen LogP contribution in [0.1, 0.15) is 12.1 Å². The molecule has 3 N–H and O–H groups in total. The van der Waals surface area contributed by atoms with Gasteiger partial charge in [0.1, 0.15) is 40.8 Å². The molecule has 2 aliphatic rings. The lowest BCUT2D eigenvalue weighted by atomic mass is 9.91. The fraction of sp³-hybridized carbons (Fsp3) is 0.281. The lowest BCUT2D eigenvalue weighted by molar-refractivity contribution is -0.132. The number of aliphatic hydroxyl groups excluding tert-OH is 1. The maximum Gasteiger partial charge on any atom is 0.246 e. The van der Waals surface area contributed by atoms with Crippen LogP contribution in [0.25, 0.3) is 22.2 Å². The molecule has 4 aromatic rings. The van der Waals surface area contributed by atoms with Crippen LogP contribution < -0.4 is 10.5 Å². The van der Waals surface area contributed by atoms with Crippen LogP contribution >= 0.6 is 0 Å². The summed E-state index contributed by atoms with van der Waals surface area (Å²) in [5.74, 6) is 7.77. The summed E-state index contributed by atoms with van der Waals surface area (Å²) in [6.07, 6.45) is 2.84. The fourth-order valence-electron chi connectivity index (χ4n) is 5.78. The van der Waals surface area contributed by atoms with E-state index in [4.69, 9.17) is 10.5 Å². The largest absolute Gasteiger partial charge is 0.457 e. The van der Waals surface area contributed by atoms with Gasteiger partial charge in [-0.3, -0.25) is 9.69 Å². The number of carbonyl (C=O) groups excluding carboxylic acids is 1. The zero-order valence-electron chi connectivity index (χ0n) is 23.2. The van der Waals surface area contributed by atoms with Crippen molar-refractivity contribution in [3.05, 3.63) is 79.0 Å². The van der Waals surface area contributed by atoms with E-state index in [1.807, 2.05) is 35.9 Å². The summed E-state index contributed by atoms with van der Waals surface area (Å²) < 4.78 is 21.3. The van der Waals surface area contributed by atoms with E-state index >= 15 is 0 Å². The number of nitrogen functional groups attached to an aromatic ring is 1. The van der Waals surface area contributed by atoms with Crippen molar-refractivity contribution >= 4 is 22.8 Å². The molecule has 0 bridgehead atoms. The highest BCUT2D eigenvalue weighted by atomic mass is 19.1. The van der Waals surface area contributed by atoms with Crippen LogP contribution in [0.2, 0.25) is 0 Å². The first-order valence-electron chi connectivity index (χ1n) is 13.8. The Morgan fingerprint density at radius 2 is 1.95 bits per heavy atom. The Balaban J connectivity index is 1.23. The number of likely N-dealkylation sites (tertiary alicyclic amines) is 2. The van der Waals surface area contributed by atoms with Crippen molar-refractivity contribution in [2.24, 2.45) is 13.0 Å². The third-order valence-electron chi connectivity index (χ3n) is 7.98. The van der Waals surface area contributed by atoms with Crippen LogP contribution in [0.15, 0.2) is 67.5 Å². The molecule has 0 saturated carbocycles. The second-order valence-corrected chi connectivity index (χ2v) is 10.7. The van der Waals surface area contributed by atoms with Crippen molar-refractivity contribution in [2.45, 2.75) is 18.6 Å². The summed E-state index contributed by atoms with van der Waals surface area (Å²) in [4.78, 5) is 24.5. The average molecular weight is 567 g/mol. The molecule has 0 aliphatic carbocycles. The van der Waals surface area contributed by atoms with E-state index in [2.05, 4.69) is 33.3 Å². The second-order valence-electron chi connectivity index (χ2n) is 10.7. The third-order valence-corrected chi connectivity index (χ3v) is 7.98. The van der Waals surface area contributed by atoms with Gasteiger partial charge < -0.3 is 25.0 Å². The number of piperidine rings is 1. The van der Waals surface area contributed by atoms with Crippen LogP contribution in [0.4, 0.5) is 10.2 Å². The number of halogens is 1. The first-order valence-corrected chi connectivity index (χ1v) is 13.8. The first-order chi connectivity index (χ1) is 20.3. The van der Waals surface area contributed by atoms with Crippen molar-refractivity contribution in [2.75, 3.05) is 31.9 Å². The molecule has 0 spiro atoms. The van der Waals surface area contributed by atoms with E-state index in [9.17, 15) is 14.3 Å². The second kappa shape index (κ2) is 11.3. The summed E-state index contributed by atoms with van der Waals surface area (Å²) in [5, 5.41) is 11.4. The van der Waals surface area contributed by atoms with Gasteiger partial charge in [-0.1, -0.05) is 30.7 Å². The minimum atomic E-state index is -0.601. The monoisotopic (exact) mass is 566 g/mol. The maximum atomic E-state index is 13.6. The Morgan fingerprint density at radius 1 is 1.17 bits per heavy atom. The number of anilines is 1. The molecule has 2 aromatic carbocycles. The van der Waals surface area contributed by atoms with Gasteiger partial charge in [-0.2, -0.15) is 0 Å². The van der Waals surface area contributed by atoms with E-state index in [0.29, 0.717) is 42.5 Å². The van der Waals surface area contributed by atoms with Crippen LogP contribution in [0.3, 0.4) is 0 Å². The molecule has 2 saturated heterocycles. The van der Waals surface area contributed by atoms with Gasteiger partial charge in [0.05, 0.1) is 11.5 Å². The highest BCUT2D eigenvalue weighted by Gasteiger charge is 2.38. The lowest BCUT2D eigenvalue weighted by Crippen LogP contribution is -2.61. The summed E-state index contributed by atoms with van der Waals surface area (Å²) in [7, 11) is 1.91. The number of rotatable bonds is 5. The molecule has 0 unspecified atom stereocenters. The Labute approximate surface area is 243 Å². The topological polar surface area (TPSA) is 110 Å². The Kier molecular flexibility index (Phi) is 7.37. The predicted molar refractivity (Wildman–Crippen MR) is 158 cm³/mol. The molecular formula is C32H31FN6O3. The quantitative estimate of drug-likeness (QED) is 0.281. The highest BCUT2D eigenvalue weighted by Crippen LogP contribution is 2.37. The molecule has 4 heterocycles. The van der Waals surface area contributed by atoms with Crippen molar-refractivity contribution in [3.63, 3.8) is 0 Å². The minimum absolute atomic E-state index is 0.00767. The number of hydrogen-bond acceptors (Lipinski definition) is 7. The molecule has 2 aliphatic heterocycles. The van der Waals surface area contributed by atoms with Gasteiger partial charge in [-0.15, -0.1) is 0 Å². The Hall–Kier alpha value is -4.72. The number of aryl methyl sites for hydroxylation is 1. The average Bonchev–Trinajstić information content (AvgIpc) is 3.25. The number of nitrogens with two attached hydrogens (primary N) is 1. The summed E-state index contributed by atoms with van der Waals surface area (Å²) in [6, 6.07) is 13.5. The number of hydrogen-bond donors (Lipinski definition) is 2. The van der Waals surface area contributed by atoms with Crippen LogP contribution in [0.5, 0.6) is 11.5 Å². The highest BCUT2D eigenvalue weighted by molar-refractivity contribution is 6.03. The molecule has 9 nitrogen and oxygen atoms in total. The number of aliphatic hydroxyl groups is 1. The van der Waals surface area contributed by atoms with E-state index in [1.54, 1.807) is 17.0 Å². The van der Waals surface area contributed by atoms with E-state index < -0.39 is 6.10 Å². The number of amides is 1. The first kappa shape index (κ1) is 27.4. The number of benzene rings is 2. The van der Waals surface area contributed by atoms with Gasteiger partial charge in [-0.25, -0.2) is 14.4 Å². The van der Waals surface area contributed by atoms with Crippen molar-refractivity contribution < 1.29 is 19.0 Å². The molecule has 214 valence electrons. The minimum Gasteiger partial charge on any atom is -0.457 e. The number of β-amino-alcohol motifs (C(OH)–C–C–N with tert-alkyl or cyclic N) is 1. The zero-order chi connectivity index (χ0) is 29.4.